The van der Waals surface area contributed by atoms with Crippen molar-refractivity contribution in [1.82, 2.24) is 15.2 Å². The Labute approximate surface area is 160 Å². The molecule has 0 aliphatic rings. The van der Waals surface area contributed by atoms with Crippen molar-refractivity contribution in [3.63, 3.8) is 0 Å². The Morgan fingerprint density at radius 2 is 1.82 bits per heavy atom. The number of aromatic nitrogens is 2. The number of hydrogen-bond donors (Lipinski definition) is 2. The summed E-state index contributed by atoms with van der Waals surface area (Å²) in [5.41, 5.74) is 3.06. The standard InChI is InChI=1S/C20H18N4O4/c1-2-11-24-19(26)16-6-4-3-5-15(16)17(23-24)18(25)22-21-12-13-7-9-14(10-8-13)20(27)28/h3-10,12H,2,11H2,1H3,(H,22,25)(H,27,28). The van der Waals surface area contributed by atoms with Crippen molar-refractivity contribution in [2.45, 2.75) is 19.9 Å². The Balaban J connectivity index is 1.86. The van der Waals surface area contributed by atoms with Gasteiger partial charge in [0.1, 0.15) is 0 Å². The van der Waals surface area contributed by atoms with Gasteiger partial charge in [0.05, 0.1) is 17.2 Å². The van der Waals surface area contributed by atoms with Crippen LogP contribution >= 0.6 is 0 Å². The number of aryl methyl sites for hydroxylation is 1. The maximum atomic E-state index is 12.6. The molecule has 0 aliphatic heterocycles. The first-order valence-electron chi connectivity index (χ1n) is 8.68. The first-order chi connectivity index (χ1) is 13.5. The summed E-state index contributed by atoms with van der Waals surface area (Å²) in [4.78, 5) is 35.9. The number of rotatable bonds is 6. The van der Waals surface area contributed by atoms with Crippen molar-refractivity contribution in [3.8, 4) is 0 Å². The zero-order chi connectivity index (χ0) is 20.1. The zero-order valence-corrected chi connectivity index (χ0v) is 15.1. The Bertz CT molecular complexity index is 1120. The molecule has 8 nitrogen and oxygen atoms in total. The summed E-state index contributed by atoms with van der Waals surface area (Å²) < 4.78 is 1.28. The van der Waals surface area contributed by atoms with Crippen LogP contribution in [0.1, 0.15) is 39.8 Å². The molecular formula is C20H18N4O4. The molecule has 2 aromatic carbocycles. The summed E-state index contributed by atoms with van der Waals surface area (Å²) >= 11 is 0. The third kappa shape index (κ3) is 3.96. The molecule has 0 fully saturated rings. The molecular weight excluding hydrogens is 360 g/mol. The molecule has 0 unspecified atom stereocenters. The van der Waals surface area contributed by atoms with Gasteiger partial charge in [-0.25, -0.2) is 14.9 Å². The Morgan fingerprint density at radius 3 is 2.46 bits per heavy atom. The largest absolute Gasteiger partial charge is 0.478 e. The Kier molecular flexibility index (Phi) is 5.59. The average Bonchev–Trinajstić information content (AvgIpc) is 2.70. The minimum Gasteiger partial charge on any atom is -0.478 e. The first-order valence-corrected chi connectivity index (χ1v) is 8.68. The van der Waals surface area contributed by atoms with E-state index < -0.39 is 11.9 Å². The fraction of sp³-hybridized carbons (Fsp3) is 0.150. The number of carbonyl (C=O) groups excluding carboxylic acids is 1. The molecule has 1 amide bonds. The van der Waals surface area contributed by atoms with Gasteiger partial charge in [0.25, 0.3) is 11.5 Å². The second-order valence-electron chi connectivity index (χ2n) is 6.05. The molecule has 1 aromatic heterocycles. The summed E-state index contributed by atoms with van der Waals surface area (Å²) in [5.74, 6) is -1.56. The highest BCUT2D eigenvalue weighted by Crippen LogP contribution is 2.13. The van der Waals surface area contributed by atoms with E-state index in [2.05, 4.69) is 15.6 Å². The number of aromatic carboxylic acids is 1. The fourth-order valence-electron chi connectivity index (χ4n) is 2.70. The number of carboxylic acid groups (broad SMARTS) is 1. The normalized spacial score (nSPS) is 11.0. The van der Waals surface area contributed by atoms with Gasteiger partial charge < -0.3 is 5.11 Å². The summed E-state index contributed by atoms with van der Waals surface area (Å²) in [5, 5.41) is 17.9. The van der Waals surface area contributed by atoms with Crippen LogP contribution in [0.3, 0.4) is 0 Å². The van der Waals surface area contributed by atoms with E-state index in [1.165, 1.54) is 23.0 Å². The summed E-state index contributed by atoms with van der Waals surface area (Å²) in [6.45, 7) is 2.33. The summed E-state index contributed by atoms with van der Waals surface area (Å²) in [7, 11) is 0. The molecule has 0 spiro atoms. The third-order valence-electron chi connectivity index (χ3n) is 4.06. The van der Waals surface area contributed by atoms with Gasteiger partial charge in [-0.3, -0.25) is 9.59 Å². The van der Waals surface area contributed by atoms with Crippen molar-refractivity contribution < 1.29 is 14.7 Å². The predicted molar refractivity (Wildman–Crippen MR) is 105 cm³/mol. The van der Waals surface area contributed by atoms with Crippen LogP contribution in [-0.2, 0) is 6.54 Å². The van der Waals surface area contributed by atoms with Crippen LogP contribution in [0.4, 0.5) is 0 Å². The number of amides is 1. The predicted octanol–water partition coefficient (Wildman–Crippen LogP) is 2.27. The smallest absolute Gasteiger partial charge is 0.335 e. The molecule has 142 valence electrons. The monoisotopic (exact) mass is 378 g/mol. The van der Waals surface area contributed by atoms with Crippen LogP contribution in [0.15, 0.2) is 58.4 Å². The van der Waals surface area contributed by atoms with Gasteiger partial charge in [0.15, 0.2) is 5.69 Å². The van der Waals surface area contributed by atoms with E-state index in [1.807, 2.05) is 6.92 Å². The molecule has 0 radical (unpaired) electrons. The average molecular weight is 378 g/mol. The molecule has 0 bridgehead atoms. The minimum atomic E-state index is -1.02. The molecule has 3 aromatic rings. The number of benzene rings is 2. The van der Waals surface area contributed by atoms with Crippen molar-refractivity contribution in [2.24, 2.45) is 5.10 Å². The van der Waals surface area contributed by atoms with Crippen LogP contribution in [0.2, 0.25) is 0 Å². The highest BCUT2D eigenvalue weighted by molar-refractivity contribution is 6.05. The lowest BCUT2D eigenvalue weighted by molar-refractivity contribution is 0.0696. The van der Waals surface area contributed by atoms with Gasteiger partial charge in [-0.2, -0.15) is 10.2 Å². The van der Waals surface area contributed by atoms with E-state index in [-0.39, 0.29) is 16.8 Å². The van der Waals surface area contributed by atoms with E-state index in [1.54, 1.807) is 36.4 Å². The van der Waals surface area contributed by atoms with Crippen LogP contribution < -0.4 is 11.0 Å². The van der Waals surface area contributed by atoms with Gasteiger partial charge in [0.2, 0.25) is 0 Å². The van der Waals surface area contributed by atoms with Gasteiger partial charge in [-0.1, -0.05) is 37.3 Å². The third-order valence-corrected chi connectivity index (χ3v) is 4.06. The molecule has 1 heterocycles. The zero-order valence-electron chi connectivity index (χ0n) is 15.1. The molecule has 8 heteroatoms. The van der Waals surface area contributed by atoms with Crippen molar-refractivity contribution in [1.29, 1.82) is 0 Å². The highest BCUT2D eigenvalue weighted by atomic mass is 16.4. The van der Waals surface area contributed by atoms with E-state index in [4.69, 9.17) is 5.11 Å². The van der Waals surface area contributed by atoms with Gasteiger partial charge >= 0.3 is 5.97 Å². The van der Waals surface area contributed by atoms with Crippen molar-refractivity contribution in [2.75, 3.05) is 0 Å². The Morgan fingerprint density at radius 1 is 1.14 bits per heavy atom. The van der Waals surface area contributed by atoms with E-state index in [0.717, 1.165) is 0 Å². The lowest BCUT2D eigenvalue weighted by Gasteiger charge is -2.09. The topological polar surface area (TPSA) is 114 Å². The number of carboxylic acids is 1. The van der Waals surface area contributed by atoms with Crippen LogP contribution in [-0.4, -0.2) is 33.0 Å². The number of hydrazone groups is 1. The van der Waals surface area contributed by atoms with E-state index >= 15 is 0 Å². The molecule has 3 rings (SSSR count). The summed E-state index contributed by atoms with van der Waals surface area (Å²) in [6.07, 6.45) is 2.10. The van der Waals surface area contributed by atoms with E-state index in [9.17, 15) is 14.4 Å². The summed E-state index contributed by atoms with van der Waals surface area (Å²) in [6, 6.07) is 12.8. The second kappa shape index (κ2) is 8.26. The van der Waals surface area contributed by atoms with Crippen LogP contribution in [0.25, 0.3) is 10.8 Å². The first kappa shape index (κ1) is 19.0. The van der Waals surface area contributed by atoms with Gasteiger partial charge in [-0.05, 0) is 30.2 Å². The molecule has 0 saturated carbocycles. The number of carbonyl (C=O) groups is 2. The fourth-order valence-corrected chi connectivity index (χ4v) is 2.70. The van der Waals surface area contributed by atoms with Crippen molar-refractivity contribution in [3.05, 3.63) is 75.7 Å². The lowest BCUT2D eigenvalue weighted by Crippen LogP contribution is -2.29. The van der Waals surface area contributed by atoms with Crippen LogP contribution in [0, 0.1) is 0 Å². The molecule has 2 N–H and O–H groups in total. The number of nitrogens with zero attached hydrogens (tertiary/aromatic N) is 3. The lowest BCUT2D eigenvalue weighted by atomic mass is 10.1. The second-order valence-corrected chi connectivity index (χ2v) is 6.05. The molecule has 0 saturated heterocycles. The minimum absolute atomic E-state index is 0.113. The van der Waals surface area contributed by atoms with Crippen molar-refractivity contribution >= 4 is 28.9 Å². The molecule has 28 heavy (non-hydrogen) atoms. The Hall–Kier alpha value is -3.81. The SMILES string of the molecule is CCCn1nc(C(=O)NN=Cc2ccc(C(=O)O)cc2)c2ccccc2c1=O. The molecule has 0 aliphatic carbocycles. The quantitative estimate of drug-likeness (QED) is 0.504. The van der Waals surface area contributed by atoms with E-state index in [0.29, 0.717) is 29.3 Å². The number of fused-ring (bicyclic) bond motifs is 1. The van der Waals surface area contributed by atoms with Gasteiger partial charge in [0, 0.05) is 11.9 Å². The highest BCUT2D eigenvalue weighted by Gasteiger charge is 2.16. The maximum absolute atomic E-state index is 12.6. The van der Waals surface area contributed by atoms with Crippen LogP contribution in [0.5, 0.6) is 0 Å². The molecule has 0 atom stereocenters. The van der Waals surface area contributed by atoms with Gasteiger partial charge in [-0.15, -0.1) is 0 Å². The maximum Gasteiger partial charge on any atom is 0.335 e. The number of hydrogen-bond acceptors (Lipinski definition) is 5. The number of nitrogens with one attached hydrogen (secondary N) is 1.